The highest BCUT2D eigenvalue weighted by Crippen LogP contribution is 2.32. The van der Waals surface area contributed by atoms with E-state index in [4.69, 9.17) is 0 Å². The van der Waals surface area contributed by atoms with Gasteiger partial charge in [-0.25, -0.2) is 0 Å². The molecule has 0 aromatic heterocycles. The Morgan fingerprint density at radius 2 is 2.29 bits per heavy atom. The van der Waals surface area contributed by atoms with Gasteiger partial charge in [0.25, 0.3) is 0 Å². The molecule has 0 spiro atoms. The minimum Gasteiger partial charge on any atom is -0.388 e. The molecule has 0 aliphatic carbocycles. The highest BCUT2D eigenvalue weighted by atomic mass is 16.3. The van der Waals surface area contributed by atoms with Crippen LogP contribution in [-0.4, -0.2) is 47.8 Å². The number of hydrogen-bond acceptors (Lipinski definition) is 3. The van der Waals surface area contributed by atoms with Gasteiger partial charge in [-0.1, -0.05) is 0 Å². The topological polar surface area (TPSA) is 35.5 Å². The molecule has 0 aromatic rings. The van der Waals surface area contributed by atoms with E-state index < -0.39 is 5.60 Å². The molecular weight excluding hydrogens is 176 g/mol. The SMILES string of the molecule is CC1CC(O)(C2CCCN2)CCN1C. The molecule has 0 amide bonds. The molecule has 2 saturated heterocycles. The number of nitrogens with one attached hydrogen (secondary N) is 1. The van der Waals surface area contributed by atoms with Gasteiger partial charge in [-0.15, -0.1) is 0 Å². The lowest BCUT2D eigenvalue weighted by atomic mass is 9.80. The van der Waals surface area contributed by atoms with Gasteiger partial charge in [0, 0.05) is 18.6 Å². The van der Waals surface area contributed by atoms with Gasteiger partial charge in [0.05, 0.1) is 5.60 Å². The van der Waals surface area contributed by atoms with Gasteiger partial charge >= 0.3 is 0 Å². The van der Waals surface area contributed by atoms with Gasteiger partial charge in [0.15, 0.2) is 0 Å². The third-order valence-electron chi connectivity index (χ3n) is 4.01. The maximum Gasteiger partial charge on any atom is 0.0826 e. The molecule has 14 heavy (non-hydrogen) atoms. The highest BCUT2D eigenvalue weighted by Gasteiger charge is 2.42. The normalized spacial score (nSPS) is 45.6. The second kappa shape index (κ2) is 3.80. The summed E-state index contributed by atoms with van der Waals surface area (Å²) in [6.45, 7) is 4.31. The summed E-state index contributed by atoms with van der Waals surface area (Å²) in [4.78, 5) is 2.34. The largest absolute Gasteiger partial charge is 0.388 e. The molecule has 0 bridgehead atoms. The fourth-order valence-corrected chi connectivity index (χ4v) is 2.82. The Hall–Kier alpha value is -0.120. The van der Waals surface area contributed by atoms with Crippen LogP contribution in [0.5, 0.6) is 0 Å². The van der Waals surface area contributed by atoms with Crippen molar-refractivity contribution in [2.75, 3.05) is 20.1 Å². The quantitative estimate of drug-likeness (QED) is 0.647. The molecule has 2 aliphatic rings. The van der Waals surface area contributed by atoms with Gasteiger partial charge < -0.3 is 15.3 Å². The third-order valence-corrected chi connectivity index (χ3v) is 4.01. The maximum atomic E-state index is 10.6. The van der Waals surface area contributed by atoms with E-state index in [0.717, 1.165) is 32.4 Å². The number of nitrogens with zero attached hydrogens (tertiary/aromatic N) is 1. The standard InChI is InChI=1S/C11H22N2O/c1-9-8-11(14,5-7-13(9)2)10-4-3-6-12-10/h9-10,12,14H,3-8H2,1-2H3. The molecule has 2 rings (SSSR count). The summed E-state index contributed by atoms with van der Waals surface area (Å²) >= 11 is 0. The van der Waals surface area contributed by atoms with E-state index >= 15 is 0 Å². The van der Waals surface area contributed by atoms with Crippen molar-refractivity contribution in [1.82, 2.24) is 10.2 Å². The molecule has 0 aromatic carbocycles. The lowest BCUT2D eigenvalue weighted by molar-refractivity contribution is -0.0587. The van der Waals surface area contributed by atoms with Crippen molar-refractivity contribution in [2.24, 2.45) is 0 Å². The molecule has 0 radical (unpaired) electrons. The Morgan fingerprint density at radius 3 is 2.86 bits per heavy atom. The smallest absolute Gasteiger partial charge is 0.0826 e. The Labute approximate surface area is 86.5 Å². The second-order valence-corrected chi connectivity index (χ2v) is 5.04. The Balaban J connectivity index is 2.01. The summed E-state index contributed by atoms with van der Waals surface area (Å²) in [6.07, 6.45) is 4.21. The molecule has 3 unspecified atom stereocenters. The van der Waals surface area contributed by atoms with Crippen molar-refractivity contribution >= 4 is 0 Å². The van der Waals surface area contributed by atoms with Crippen molar-refractivity contribution in [3.63, 3.8) is 0 Å². The molecule has 3 heteroatoms. The first-order chi connectivity index (χ1) is 6.62. The minimum absolute atomic E-state index is 0.346. The van der Waals surface area contributed by atoms with Crippen molar-refractivity contribution < 1.29 is 5.11 Å². The van der Waals surface area contributed by atoms with Gasteiger partial charge in [-0.05, 0) is 46.2 Å². The van der Waals surface area contributed by atoms with Crippen LogP contribution in [0, 0.1) is 0 Å². The summed E-state index contributed by atoms with van der Waals surface area (Å²) in [7, 11) is 2.15. The van der Waals surface area contributed by atoms with Crippen LogP contribution in [0.25, 0.3) is 0 Å². The van der Waals surface area contributed by atoms with E-state index in [1.807, 2.05) is 0 Å². The van der Waals surface area contributed by atoms with E-state index in [1.165, 1.54) is 6.42 Å². The Kier molecular flexibility index (Phi) is 2.82. The van der Waals surface area contributed by atoms with Crippen LogP contribution >= 0.6 is 0 Å². The first-order valence-corrected chi connectivity index (χ1v) is 5.78. The van der Waals surface area contributed by atoms with E-state index in [9.17, 15) is 5.11 Å². The fourth-order valence-electron chi connectivity index (χ4n) is 2.82. The number of likely N-dealkylation sites (tertiary alicyclic amines) is 1. The number of hydrogen-bond donors (Lipinski definition) is 2. The van der Waals surface area contributed by atoms with Gasteiger partial charge in [-0.2, -0.15) is 0 Å². The van der Waals surface area contributed by atoms with Crippen molar-refractivity contribution in [2.45, 2.75) is 50.3 Å². The van der Waals surface area contributed by atoms with Crippen LogP contribution in [-0.2, 0) is 0 Å². The van der Waals surface area contributed by atoms with Gasteiger partial charge in [0.1, 0.15) is 0 Å². The molecule has 3 atom stereocenters. The van der Waals surface area contributed by atoms with Crippen LogP contribution in [0.3, 0.4) is 0 Å². The molecule has 3 nitrogen and oxygen atoms in total. The second-order valence-electron chi connectivity index (χ2n) is 5.04. The van der Waals surface area contributed by atoms with E-state index in [-0.39, 0.29) is 0 Å². The van der Waals surface area contributed by atoms with Crippen molar-refractivity contribution in [3.8, 4) is 0 Å². The van der Waals surface area contributed by atoms with Crippen LogP contribution in [0.2, 0.25) is 0 Å². The first-order valence-electron chi connectivity index (χ1n) is 5.78. The summed E-state index contributed by atoms with van der Waals surface area (Å²) in [5.41, 5.74) is -0.442. The highest BCUT2D eigenvalue weighted by molar-refractivity contribution is 4.99. The average molecular weight is 198 g/mol. The Morgan fingerprint density at radius 1 is 1.50 bits per heavy atom. The summed E-state index contributed by atoms with van der Waals surface area (Å²) in [6, 6.07) is 0.856. The first kappa shape index (κ1) is 10.4. The molecule has 2 aliphatic heterocycles. The monoisotopic (exact) mass is 198 g/mol. The number of piperidine rings is 1. The Bertz CT molecular complexity index is 203. The summed E-state index contributed by atoms with van der Waals surface area (Å²) < 4.78 is 0. The molecular formula is C11H22N2O. The van der Waals surface area contributed by atoms with E-state index in [1.54, 1.807) is 0 Å². The predicted molar refractivity (Wildman–Crippen MR) is 57.3 cm³/mol. The van der Waals surface area contributed by atoms with Crippen LogP contribution in [0.4, 0.5) is 0 Å². The summed E-state index contributed by atoms with van der Waals surface area (Å²) in [5, 5.41) is 14.0. The zero-order valence-electron chi connectivity index (χ0n) is 9.29. The summed E-state index contributed by atoms with van der Waals surface area (Å²) in [5.74, 6) is 0. The van der Waals surface area contributed by atoms with Crippen LogP contribution in [0.1, 0.15) is 32.6 Å². The molecule has 0 saturated carbocycles. The van der Waals surface area contributed by atoms with Gasteiger partial charge in [0.2, 0.25) is 0 Å². The number of rotatable bonds is 1. The lowest BCUT2D eigenvalue weighted by Gasteiger charge is -2.44. The molecule has 82 valence electrons. The molecule has 2 heterocycles. The predicted octanol–water partition coefficient (Wildman–Crippen LogP) is 0.584. The lowest BCUT2D eigenvalue weighted by Crippen LogP contribution is -2.56. The van der Waals surface area contributed by atoms with Gasteiger partial charge in [-0.3, -0.25) is 0 Å². The molecule has 2 fully saturated rings. The maximum absolute atomic E-state index is 10.6. The van der Waals surface area contributed by atoms with Crippen molar-refractivity contribution in [3.05, 3.63) is 0 Å². The van der Waals surface area contributed by atoms with E-state index in [0.29, 0.717) is 12.1 Å². The zero-order chi connectivity index (χ0) is 10.2. The number of aliphatic hydroxyl groups is 1. The van der Waals surface area contributed by atoms with Crippen LogP contribution < -0.4 is 5.32 Å². The van der Waals surface area contributed by atoms with Crippen molar-refractivity contribution in [1.29, 1.82) is 0 Å². The average Bonchev–Trinajstić information content (AvgIpc) is 2.65. The zero-order valence-corrected chi connectivity index (χ0v) is 9.29. The minimum atomic E-state index is -0.442. The van der Waals surface area contributed by atoms with E-state index in [2.05, 4.69) is 24.2 Å². The third kappa shape index (κ3) is 1.81. The fraction of sp³-hybridized carbons (Fsp3) is 1.00. The van der Waals surface area contributed by atoms with Crippen LogP contribution in [0.15, 0.2) is 0 Å². The molecule has 2 N–H and O–H groups in total.